The summed E-state index contributed by atoms with van der Waals surface area (Å²) in [6.07, 6.45) is 0. The predicted molar refractivity (Wildman–Crippen MR) is 72.6 cm³/mol. The molecule has 0 amide bonds. The summed E-state index contributed by atoms with van der Waals surface area (Å²) in [4.78, 5) is 18.4. The molecule has 20 heavy (non-hydrogen) atoms. The molecule has 0 bridgehead atoms. The van der Waals surface area contributed by atoms with E-state index < -0.39 is 21.4 Å². The first-order valence-electron chi connectivity index (χ1n) is 5.89. The van der Waals surface area contributed by atoms with E-state index in [-0.39, 0.29) is 10.5 Å². The minimum absolute atomic E-state index is 0.0383. The summed E-state index contributed by atoms with van der Waals surface area (Å²) in [6.45, 7) is 5.15. The summed E-state index contributed by atoms with van der Waals surface area (Å²) < 4.78 is 30.4. The number of aromatic nitrogens is 1. The van der Waals surface area contributed by atoms with E-state index in [1.807, 2.05) is 4.89 Å². The van der Waals surface area contributed by atoms with Crippen LogP contribution >= 0.6 is 0 Å². The molecule has 0 radical (unpaired) electrons. The van der Waals surface area contributed by atoms with Crippen LogP contribution in [-0.4, -0.2) is 18.6 Å². The maximum atomic E-state index is 12.1. The zero-order chi connectivity index (χ0) is 15.1. The maximum Gasteiger partial charge on any atom is 0.419 e. The lowest BCUT2D eigenvalue weighted by atomic mass is 10.2. The Morgan fingerprint density at radius 1 is 1.30 bits per heavy atom. The molecular weight excluding hydrogens is 284 g/mol. The van der Waals surface area contributed by atoms with Gasteiger partial charge in [-0.25, -0.2) is 13.2 Å². The predicted octanol–water partition coefficient (Wildman–Crippen LogP) is 1.14. The van der Waals surface area contributed by atoms with Crippen LogP contribution in [0.15, 0.2) is 32.3 Å². The molecule has 1 heterocycles. The Morgan fingerprint density at radius 3 is 2.55 bits per heavy atom. The molecule has 0 fully saturated rings. The van der Waals surface area contributed by atoms with Crippen LogP contribution in [0.2, 0.25) is 0 Å². The van der Waals surface area contributed by atoms with Gasteiger partial charge in [-0.15, -0.1) is 0 Å². The summed E-state index contributed by atoms with van der Waals surface area (Å²) >= 11 is 0. The van der Waals surface area contributed by atoms with Crippen LogP contribution in [0.5, 0.6) is 0 Å². The molecule has 0 unspecified atom stereocenters. The number of sulfonamides is 1. The molecule has 0 aliphatic carbocycles. The number of hydrogen-bond acceptors (Lipinski definition) is 5. The monoisotopic (exact) mass is 300 g/mol. The Hall–Kier alpha value is -1.64. The van der Waals surface area contributed by atoms with Gasteiger partial charge in [-0.05, 0) is 32.9 Å². The van der Waals surface area contributed by atoms with Gasteiger partial charge >= 0.3 is 5.76 Å². The summed E-state index contributed by atoms with van der Waals surface area (Å²) in [6, 6.07) is 4.17. The molecule has 2 rings (SSSR count). The standard InChI is InChI=1S/C12H16N2O5S/c1-12(2,3)19-13-20(16,17)8-5-6-9-10(7-8)18-11(15)14(9)4/h5-7,13H,1-4H3. The summed E-state index contributed by atoms with van der Waals surface area (Å²) in [5.41, 5.74) is 0.0676. The van der Waals surface area contributed by atoms with Gasteiger partial charge in [0.1, 0.15) is 0 Å². The lowest BCUT2D eigenvalue weighted by Gasteiger charge is -2.19. The van der Waals surface area contributed by atoms with E-state index in [4.69, 9.17) is 9.25 Å². The number of rotatable bonds is 3. The van der Waals surface area contributed by atoms with Crippen molar-refractivity contribution < 1.29 is 17.7 Å². The highest BCUT2D eigenvalue weighted by atomic mass is 32.2. The number of oxazole rings is 1. The minimum Gasteiger partial charge on any atom is -0.408 e. The molecule has 0 spiro atoms. The van der Waals surface area contributed by atoms with E-state index in [9.17, 15) is 13.2 Å². The van der Waals surface area contributed by atoms with Crippen molar-refractivity contribution in [2.45, 2.75) is 31.3 Å². The maximum absolute atomic E-state index is 12.1. The minimum atomic E-state index is -3.83. The third-order valence-electron chi connectivity index (χ3n) is 2.53. The van der Waals surface area contributed by atoms with Crippen molar-refractivity contribution in [3.8, 4) is 0 Å². The quantitative estimate of drug-likeness (QED) is 0.858. The Morgan fingerprint density at radius 2 is 1.95 bits per heavy atom. The van der Waals surface area contributed by atoms with E-state index in [2.05, 4.69) is 0 Å². The molecule has 1 aromatic heterocycles. The Balaban J connectivity index is 2.40. The number of nitrogens with zero attached hydrogens (tertiary/aromatic N) is 1. The number of fused-ring (bicyclic) bond motifs is 1. The Kier molecular flexibility index (Phi) is 3.49. The average molecular weight is 300 g/mol. The van der Waals surface area contributed by atoms with Crippen molar-refractivity contribution in [1.29, 1.82) is 0 Å². The van der Waals surface area contributed by atoms with Gasteiger partial charge in [-0.2, -0.15) is 0 Å². The Labute approximate surface area is 116 Å². The third-order valence-corrected chi connectivity index (χ3v) is 3.71. The second-order valence-corrected chi connectivity index (χ2v) is 7.00. The Bertz CT molecular complexity index is 795. The molecular formula is C12H16N2O5S. The van der Waals surface area contributed by atoms with Gasteiger partial charge < -0.3 is 4.42 Å². The average Bonchev–Trinajstić information content (AvgIpc) is 2.62. The van der Waals surface area contributed by atoms with Gasteiger partial charge in [0.2, 0.25) is 0 Å². The number of benzene rings is 1. The first kappa shape index (κ1) is 14.8. The van der Waals surface area contributed by atoms with Crippen LogP contribution in [0.1, 0.15) is 20.8 Å². The summed E-state index contributed by atoms with van der Waals surface area (Å²) in [7, 11) is -2.29. The number of hydrogen-bond donors (Lipinski definition) is 1. The van der Waals surface area contributed by atoms with Crippen molar-refractivity contribution in [3.05, 3.63) is 28.7 Å². The highest BCUT2D eigenvalue weighted by Crippen LogP contribution is 2.18. The second kappa shape index (κ2) is 4.72. The van der Waals surface area contributed by atoms with Crippen LogP contribution in [0.4, 0.5) is 0 Å². The molecule has 1 N–H and O–H groups in total. The smallest absolute Gasteiger partial charge is 0.408 e. The van der Waals surface area contributed by atoms with Gasteiger partial charge in [0.05, 0.1) is 16.0 Å². The SMILES string of the molecule is Cn1c(=O)oc2cc(S(=O)(=O)NOC(C)(C)C)ccc21. The van der Waals surface area contributed by atoms with Crippen molar-refractivity contribution in [3.63, 3.8) is 0 Å². The zero-order valence-electron chi connectivity index (χ0n) is 11.6. The normalized spacial score (nSPS) is 13.0. The van der Waals surface area contributed by atoms with Crippen molar-refractivity contribution in [1.82, 2.24) is 9.45 Å². The third kappa shape index (κ3) is 2.92. The molecule has 0 saturated heterocycles. The molecule has 2 aromatic rings. The van der Waals surface area contributed by atoms with E-state index in [1.165, 1.54) is 22.8 Å². The highest BCUT2D eigenvalue weighted by molar-refractivity contribution is 7.89. The second-order valence-electron chi connectivity index (χ2n) is 5.36. The van der Waals surface area contributed by atoms with Gasteiger partial charge in [0, 0.05) is 13.1 Å². The summed E-state index contributed by atoms with van der Waals surface area (Å²) in [5, 5.41) is 0. The largest absolute Gasteiger partial charge is 0.419 e. The molecule has 1 aromatic carbocycles. The number of nitrogens with one attached hydrogen (secondary N) is 1. The molecule has 0 aliphatic heterocycles. The first-order chi connectivity index (χ1) is 9.10. The van der Waals surface area contributed by atoms with Gasteiger partial charge in [-0.3, -0.25) is 9.40 Å². The van der Waals surface area contributed by atoms with Crippen LogP contribution in [0.3, 0.4) is 0 Å². The van der Waals surface area contributed by atoms with Gasteiger partial charge in [0.25, 0.3) is 10.0 Å². The van der Waals surface area contributed by atoms with Crippen molar-refractivity contribution in [2.75, 3.05) is 0 Å². The lowest BCUT2D eigenvalue weighted by Crippen LogP contribution is -2.33. The molecule has 0 saturated carbocycles. The summed E-state index contributed by atoms with van der Waals surface area (Å²) in [5.74, 6) is -0.548. The fourth-order valence-corrected chi connectivity index (χ4v) is 2.47. The molecule has 8 heteroatoms. The van der Waals surface area contributed by atoms with Crippen molar-refractivity contribution in [2.24, 2.45) is 7.05 Å². The molecule has 110 valence electrons. The van der Waals surface area contributed by atoms with E-state index in [0.29, 0.717) is 5.52 Å². The first-order valence-corrected chi connectivity index (χ1v) is 7.38. The number of aryl methyl sites for hydroxylation is 1. The van der Waals surface area contributed by atoms with Gasteiger partial charge in [-0.1, -0.05) is 4.89 Å². The molecule has 0 atom stereocenters. The van der Waals surface area contributed by atoms with Crippen LogP contribution in [0, 0.1) is 0 Å². The van der Waals surface area contributed by atoms with Gasteiger partial charge in [0.15, 0.2) is 5.58 Å². The van der Waals surface area contributed by atoms with Crippen molar-refractivity contribution >= 4 is 21.1 Å². The van der Waals surface area contributed by atoms with Crippen LogP contribution in [0.25, 0.3) is 11.1 Å². The topological polar surface area (TPSA) is 90.5 Å². The zero-order valence-corrected chi connectivity index (χ0v) is 12.4. The van der Waals surface area contributed by atoms with Crippen LogP contribution in [-0.2, 0) is 21.9 Å². The van der Waals surface area contributed by atoms with E-state index >= 15 is 0 Å². The fourth-order valence-electron chi connectivity index (χ4n) is 1.51. The fraction of sp³-hybridized carbons (Fsp3) is 0.417. The van der Waals surface area contributed by atoms with Crippen LogP contribution < -0.4 is 10.6 Å². The van der Waals surface area contributed by atoms with E-state index in [1.54, 1.807) is 27.8 Å². The lowest BCUT2D eigenvalue weighted by molar-refractivity contribution is -0.0357. The molecule has 0 aliphatic rings. The highest BCUT2D eigenvalue weighted by Gasteiger charge is 2.20. The molecule has 7 nitrogen and oxygen atoms in total. The van der Waals surface area contributed by atoms with E-state index in [0.717, 1.165) is 0 Å².